The van der Waals surface area contributed by atoms with Gasteiger partial charge >= 0.3 is 0 Å². The van der Waals surface area contributed by atoms with E-state index in [2.05, 4.69) is 27.4 Å². The lowest BCUT2D eigenvalue weighted by Gasteiger charge is -2.21. The number of nitrogens with one attached hydrogen (secondary N) is 2. The lowest BCUT2D eigenvalue weighted by molar-refractivity contribution is -0.127. The number of amides is 1. The van der Waals surface area contributed by atoms with Gasteiger partial charge in [-0.05, 0) is 39.0 Å². The molecule has 2 N–H and O–H groups in total. The Labute approximate surface area is 151 Å². The third-order valence-corrected chi connectivity index (χ3v) is 5.37. The molecule has 0 radical (unpaired) electrons. The average molecular weight is 351 g/mol. The van der Waals surface area contributed by atoms with Gasteiger partial charge in [0, 0.05) is 51.9 Å². The summed E-state index contributed by atoms with van der Waals surface area (Å²) in [6, 6.07) is 1.80. The van der Waals surface area contributed by atoms with E-state index in [1.165, 1.54) is 12.8 Å². The van der Waals surface area contributed by atoms with Crippen LogP contribution in [0.4, 0.5) is 0 Å². The molecule has 0 aromatic carbocycles. The van der Waals surface area contributed by atoms with Gasteiger partial charge in [0.1, 0.15) is 6.54 Å². The van der Waals surface area contributed by atoms with Crippen molar-refractivity contribution in [3.8, 4) is 0 Å². The molecule has 3 rings (SSSR count). The maximum absolute atomic E-state index is 11.9. The normalized spacial score (nSPS) is 30.5. The molecular weight excluding hydrogens is 318 g/mol. The van der Waals surface area contributed by atoms with Crippen LogP contribution in [-0.4, -0.2) is 86.2 Å². The van der Waals surface area contributed by atoms with Crippen molar-refractivity contribution in [2.75, 3.05) is 40.3 Å². The number of carbonyl (C=O) groups excluding carboxylic acids is 1. The predicted octanol–water partition coefficient (Wildman–Crippen LogP) is 0.414. The van der Waals surface area contributed by atoms with Gasteiger partial charge in [-0.15, -0.1) is 0 Å². The van der Waals surface area contributed by atoms with E-state index in [4.69, 9.17) is 4.74 Å². The van der Waals surface area contributed by atoms with Crippen molar-refractivity contribution in [3.05, 3.63) is 0 Å². The Kier molecular flexibility index (Phi) is 6.17. The summed E-state index contributed by atoms with van der Waals surface area (Å²) in [6.07, 6.45) is 6.27. The van der Waals surface area contributed by atoms with Gasteiger partial charge in [-0.25, -0.2) is 4.99 Å². The monoisotopic (exact) mass is 351 g/mol. The summed E-state index contributed by atoms with van der Waals surface area (Å²) in [7, 11) is 3.52. The first-order chi connectivity index (χ1) is 12.0. The summed E-state index contributed by atoms with van der Waals surface area (Å²) in [5, 5.41) is 6.93. The smallest absolute Gasteiger partial charge is 0.243 e. The largest absolute Gasteiger partial charge is 0.376 e. The highest BCUT2D eigenvalue weighted by Gasteiger charge is 2.39. The van der Waals surface area contributed by atoms with Crippen molar-refractivity contribution in [2.45, 2.75) is 63.3 Å². The van der Waals surface area contributed by atoms with Crippen molar-refractivity contribution in [1.29, 1.82) is 0 Å². The van der Waals surface area contributed by atoms with Gasteiger partial charge in [-0.1, -0.05) is 0 Å². The summed E-state index contributed by atoms with van der Waals surface area (Å²) in [5.74, 6) is 0.748. The fourth-order valence-corrected chi connectivity index (χ4v) is 3.73. The van der Waals surface area contributed by atoms with Gasteiger partial charge in [-0.2, -0.15) is 0 Å². The number of guanidine groups is 1. The molecule has 1 amide bonds. The van der Waals surface area contributed by atoms with Crippen molar-refractivity contribution < 1.29 is 9.53 Å². The number of ether oxygens (including phenoxy) is 1. The van der Waals surface area contributed by atoms with Crippen molar-refractivity contribution in [1.82, 2.24) is 20.4 Å². The van der Waals surface area contributed by atoms with Crippen LogP contribution < -0.4 is 10.6 Å². The quantitative estimate of drug-likeness (QED) is 0.536. The molecular formula is C18H33N5O2. The first-order valence-corrected chi connectivity index (χ1v) is 9.65. The van der Waals surface area contributed by atoms with E-state index >= 15 is 0 Å². The van der Waals surface area contributed by atoms with E-state index in [0.717, 1.165) is 51.0 Å². The molecule has 3 unspecified atom stereocenters. The Morgan fingerprint density at radius 3 is 2.76 bits per heavy atom. The number of carbonyl (C=O) groups is 1. The predicted molar refractivity (Wildman–Crippen MR) is 98.7 cm³/mol. The first kappa shape index (κ1) is 18.5. The van der Waals surface area contributed by atoms with Gasteiger partial charge in [0.25, 0.3) is 0 Å². The van der Waals surface area contributed by atoms with Crippen molar-refractivity contribution in [3.63, 3.8) is 0 Å². The fourth-order valence-electron chi connectivity index (χ4n) is 3.73. The highest BCUT2D eigenvalue weighted by Crippen LogP contribution is 2.33. The molecule has 2 aliphatic heterocycles. The van der Waals surface area contributed by atoms with E-state index in [0.29, 0.717) is 12.1 Å². The van der Waals surface area contributed by atoms with Crippen molar-refractivity contribution in [2.24, 2.45) is 4.99 Å². The maximum atomic E-state index is 11.9. The molecule has 0 aromatic rings. The second-order valence-corrected chi connectivity index (χ2v) is 7.82. The van der Waals surface area contributed by atoms with Crippen LogP contribution in [0.1, 0.15) is 39.0 Å². The SMILES string of the molecule is CC1CC(NC(=NCC(=O)N(C)C)NCC2CCCO2)CN1C1CC1. The van der Waals surface area contributed by atoms with Gasteiger partial charge in [0.05, 0.1) is 6.10 Å². The topological polar surface area (TPSA) is 69.2 Å². The molecule has 3 atom stereocenters. The van der Waals surface area contributed by atoms with E-state index in [1.54, 1.807) is 19.0 Å². The molecule has 142 valence electrons. The summed E-state index contributed by atoms with van der Waals surface area (Å²) >= 11 is 0. The summed E-state index contributed by atoms with van der Waals surface area (Å²) in [5.41, 5.74) is 0. The van der Waals surface area contributed by atoms with Crippen LogP contribution in [-0.2, 0) is 9.53 Å². The Balaban J connectivity index is 1.54. The van der Waals surface area contributed by atoms with Gasteiger partial charge in [0.15, 0.2) is 5.96 Å². The summed E-state index contributed by atoms with van der Waals surface area (Å²) in [6.45, 7) is 5.14. The van der Waals surface area contributed by atoms with E-state index in [1.807, 2.05) is 0 Å². The first-order valence-electron chi connectivity index (χ1n) is 9.65. The minimum atomic E-state index is 0.0117. The van der Waals surface area contributed by atoms with Crippen LogP contribution in [0, 0.1) is 0 Å². The van der Waals surface area contributed by atoms with E-state index in [9.17, 15) is 4.79 Å². The molecule has 0 aromatic heterocycles. The molecule has 3 fully saturated rings. The Morgan fingerprint density at radius 2 is 2.12 bits per heavy atom. The number of hydrogen-bond donors (Lipinski definition) is 2. The third kappa shape index (κ3) is 5.31. The van der Waals surface area contributed by atoms with Crippen LogP contribution >= 0.6 is 0 Å². The number of nitrogens with zero attached hydrogens (tertiary/aromatic N) is 3. The van der Waals surface area contributed by atoms with Gasteiger partial charge < -0.3 is 20.3 Å². The molecule has 1 saturated carbocycles. The number of rotatable bonds is 6. The molecule has 7 nitrogen and oxygen atoms in total. The van der Waals surface area contributed by atoms with Gasteiger partial charge in [-0.3, -0.25) is 9.69 Å². The number of aliphatic imine (C=N–C) groups is 1. The lowest BCUT2D eigenvalue weighted by Crippen LogP contribution is -2.47. The van der Waals surface area contributed by atoms with E-state index in [-0.39, 0.29) is 18.6 Å². The molecule has 25 heavy (non-hydrogen) atoms. The van der Waals surface area contributed by atoms with Gasteiger partial charge in [0.2, 0.25) is 5.91 Å². The standard InChI is InChI=1S/C18H33N5O2/c1-13-9-14(12-23(13)15-6-7-15)21-18(20-11-17(24)22(2)3)19-10-16-5-4-8-25-16/h13-16H,4-12H2,1-3H3,(H2,19,20,21). The minimum absolute atomic E-state index is 0.0117. The Hall–Kier alpha value is -1.34. The van der Waals surface area contributed by atoms with Crippen LogP contribution in [0.15, 0.2) is 4.99 Å². The molecule has 0 spiro atoms. The second-order valence-electron chi connectivity index (χ2n) is 7.82. The van der Waals surface area contributed by atoms with Crippen LogP contribution in [0.5, 0.6) is 0 Å². The molecule has 1 aliphatic carbocycles. The molecule has 2 heterocycles. The number of likely N-dealkylation sites (N-methyl/N-ethyl adjacent to an activating group) is 1. The fraction of sp³-hybridized carbons (Fsp3) is 0.889. The van der Waals surface area contributed by atoms with Crippen molar-refractivity contribution >= 4 is 11.9 Å². The molecule has 3 aliphatic rings. The Morgan fingerprint density at radius 1 is 1.32 bits per heavy atom. The molecule has 2 saturated heterocycles. The van der Waals surface area contributed by atoms with Crippen LogP contribution in [0.3, 0.4) is 0 Å². The summed E-state index contributed by atoms with van der Waals surface area (Å²) < 4.78 is 5.68. The molecule has 7 heteroatoms. The minimum Gasteiger partial charge on any atom is -0.376 e. The highest BCUT2D eigenvalue weighted by molar-refractivity contribution is 5.85. The second kappa shape index (κ2) is 8.36. The van der Waals surface area contributed by atoms with Crippen LogP contribution in [0.2, 0.25) is 0 Å². The maximum Gasteiger partial charge on any atom is 0.243 e. The lowest BCUT2D eigenvalue weighted by atomic mass is 10.2. The highest BCUT2D eigenvalue weighted by atomic mass is 16.5. The molecule has 0 bridgehead atoms. The summed E-state index contributed by atoms with van der Waals surface area (Å²) in [4.78, 5) is 20.6. The van der Waals surface area contributed by atoms with E-state index < -0.39 is 0 Å². The zero-order valence-corrected chi connectivity index (χ0v) is 15.8. The average Bonchev–Trinajstić information content (AvgIpc) is 3.15. The zero-order valence-electron chi connectivity index (χ0n) is 15.8. The van der Waals surface area contributed by atoms with Crippen LogP contribution in [0.25, 0.3) is 0 Å². The Bertz CT molecular complexity index is 486. The number of likely N-dealkylation sites (tertiary alicyclic amines) is 1. The zero-order chi connectivity index (χ0) is 17.8. The third-order valence-electron chi connectivity index (χ3n) is 5.37. The number of hydrogen-bond acceptors (Lipinski definition) is 4.